The zero-order valence-corrected chi connectivity index (χ0v) is 9.98. The number of aryl methyl sites for hydroxylation is 1. The van der Waals surface area contributed by atoms with E-state index >= 15 is 0 Å². The molecule has 0 atom stereocenters. The topological polar surface area (TPSA) is 37.3 Å². The van der Waals surface area contributed by atoms with Crippen molar-refractivity contribution in [3.8, 4) is 11.1 Å². The van der Waals surface area contributed by atoms with Crippen LogP contribution in [0.3, 0.4) is 0 Å². The Morgan fingerprint density at radius 1 is 1.17 bits per heavy atom. The Balaban J connectivity index is 2.56. The van der Waals surface area contributed by atoms with Crippen LogP contribution in [0.4, 0.5) is 4.39 Å². The van der Waals surface area contributed by atoms with Gasteiger partial charge in [-0.05, 0) is 41.3 Å². The van der Waals surface area contributed by atoms with E-state index in [4.69, 9.17) is 0 Å². The minimum absolute atomic E-state index is 0.251. The first-order valence-electron chi connectivity index (χ1n) is 5.74. The molecule has 2 aromatic rings. The first-order chi connectivity index (χ1) is 8.61. The second-order valence-corrected chi connectivity index (χ2v) is 4.05. The molecule has 2 aromatic carbocycles. The van der Waals surface area contributed by atoms with Gasteiger partial charge in [-0.1, -0.05) is 31.2 Å². The number of rotatable bonds is 3. The van der Waals surface area contributed by atoms with E-state index in [1.165, 1.54) is 12.1 Å². The molecular formula is C15H13FO2. The largest absolute Gasteiger partial charge is 0.478 e. The number of carbonyl (C=O) groups is 1. The number of carboxylic acid groups (broad SMARTS) is 1. The molecule has 0 spiro atoms. The van der Waals surface area contributed by atoms with Crippen molar-refractivity contribution in [3.63, 3.8) is 0 Å². The highest BCUT2D eigenvalue weighted by atomic mass is 19.1. The van der Waals surface area contributed by atoms with Crippen LogP contribution in [-0.2, 0) is 6.42 Å². The third kappa shape index (κ3) is 2.40. The molecule has 0 bridgehead atoms. The van der Waals surface area contributed by atoms with Gasteiger partial charge in [0.25, 0.3) is 0 Å². The zero-order chi connectivity index (χ0) is 13.1. The molecule has 0 amide bonds. The number of carboxylic acids is 1. The monoisotopic (exact) mass is 244 g/mol. The van der Waals surface area contributed by atoms with E-state index in [1.54, 1.807) is 24.3 Å². The van der Waals surface area contributed by atoms with Gasteiger partial charge in [0.15, 0.2) is 0 Å². The van der Waals surface area contributed by atoms with Crippen LogP contribution in [-0.4, -0.2) is 11.1 Å². The maximum absolute atomic E-state index is 12.9. The molecule has 2 nitrogen and oxygen atoms in total. The van der Waals surface area contributed by atoms with Crippen LogP contribution in [0.1, 0.15) is 22.8 Å². The van der Waals surface area contributed by atoms with Crippen molar-refractivity contribution in [3.05, 3.63) is 59.4 Å². The predicted molar refractivity (Wildman–Crippen MR) is 68.2 cm³/mol. The van der Waals surface area contributed by atoms with E-state index in [1.807, 2.05) is 13.0 Å². The lowest BCUT2D eigenvalue weighted by atomic mass is 9.97. The van der Waals surface area contributed by atoms with Crippen molar-refractivity contribution < 1.29 is 14.3 Å². The number of aromatic carboxylic acids is 1. The summed E-state index contributed by atoms with van der Waals surface area (Å²) in [6.45, 7) is 1.97. The standard InChI is InChI=1S/C15H13FO2/c1-2-10-3-8-13(14(9-10)15(17)18)11-4-6-12(16)7-5-11/h3-9H,2H2,1H3,(H,17,18). The van der Waals surface area contributed by atoms with Crippen molar-refractivity contribution in [1.29, 1.82) is 0 Å². The van der Waals surface area contributed by atoms with Gasteiger partial charge in [0, 0.05) is 0 Å². The Kier molecular flexibility index (Phi) is 3.42. The molecule has 0 aliphatic heterocycles. The van der Waals surface area contributed by atoms with E-state index in [0.29, 0.717) is 11.1 Å². The first kappa shape index (κ1) is 12.3. The smallest absolute Gasteiger partial charge is 0.336 e. The van der Waals surface area contributed by atoms with Crippen molar-refractivity contribution in [2.75, 3.05) is 0 Å². The van der Waals surface area contributed by atoms with Gasteiger partial charge in [0.2, 0.25) is 0 Å². The Bertz CT molecular complexity index is 574. The summed E-state index contributed by atoms with van der Waals surface area (Å²) < 4.78 is 12.9. The molecule has 0 saturated heterocycles. The van der Waals surface area contributed by atoms with Crippen LogP contribution < -0.4 is 0 Å². The number of hydrogen-bond donors (Lipinski definition) is 1. The van der Waals surface area contributed by atoms with Gasteiger partial charge in [-0.25, -0.2) is 9.18 Å². The Labute approximate surface area is 105 Å². The molecule has 0 heterocycles. The van der Waals surface area contributed by atoms with Crippen LogP contribution in [0.5, 0.6) is 0 Å². The fourth-order valence-corrected chi connectivity index (χ4v) is 1.87. The summed E-state index contributed by atoms with van der Waals surface area (Å²) in [6.07, 6.45) is 0.782. The zero-order valence-electron chi connectivity index (χ0n) is 9.98. The van der Waals surface area contributed by atoms with Gasteiger partial charge in [0.05, 0.1) is 5.56 Å². The molecule has 0 unspecified atom stereocenters. The van der Waals surface area contributed by atoms with Crippen LogP contribution in [0, 0.1) is 5.82 Å². The summed E-state index contributed by atoms with van der Waals surface area (Å²) in [5, 5.41) is 9.23. The summed E-state index contributed by atoms with van der Waals surface area (Å²) in [5.74, 6) is -1.30. The van der Waals surface area contributed by atoms with Crippen molar-refractivity contribution in [2.45, 2.75) is 13.3 Å². The van der Waals surface area contributed by atoms with Gasteiger partial charge in [-0.3, -0.25) is 0 Å². The normalized spacial score (nSPS) is 10.3. The van der Waals surface area contributed by atoms with Crippen LogP contribution in [0.25, 0.3) is 11.1 Å². The third-order valence-corrected chi connectivity index (χ3v) is 2.88. The SMILES string of the molecule is CCc1ccc(-c2ccc(F)cc2)c(C(=O)O)c1. The number of benzene rings is 2. The van der Waals surface area contributed by atoms with Gasteiger partial charge < -0.3 is 5.11 Å². The van der Waals surface area contributed by atoms with Crippen molar-refractivity contribution >= 4 is 5.97 Å². The van der Waals surface area contributed by atoms with E-state index in [2.05, 4.69) is 0 Å². The highest BCUT2D eigenvalue weighted by Crippen LogP contribution is 2.25. The molecular weight excluding hydrogens is 231 g/mol. The Hall–Kier alpha value is -2.16. The summed E-state index contributed by atoms with van der Waals surface area (Å²) in [4.78, 5) is 11.3. The predicted octanol–water partition coefficient (Wildman–Crippen LogP) is 3.75. The summed E-state index contributed by atoms with van der Waals surface area (Å²) >= 11 is 0. The number of halogens is 1. The molecule has 1 N–H and O–H groups in total. The van der Waals surface area contributed by atoms with Gasteiger partial charge in [0.1, 0.15) is 5.82 Å². The van der Waals surface area contributed by atoms with E-state index in [9.17, 15) is 14.3 Å². The van der Waals surface area contributed by atoms with Gasteiger partial charge in [-0.15, -0.1) is 0 Å². The lowest BCUT2D eigenvalue weighted by molar-refractivity contribution is 0.0697. The van der Waals surface area contributed by atoms with Crippen LogP contribution >= 0.6 is 0 Å². The highest BCUT2D eigenvalue weighted by Gasteiger charge is 2.12. The highest BCUT2D eigenvalue weighted by molar-refractivity contribution is 5.96. The van der Waals surface area contributed by atoms with E-state index < -0.39 is 5.97 Å². The van der Waals surface area contributed by atoms with Gasteiger partial charge in [-0.2, -0.15) is 0 Å². The average molecular weight is 244 g/mol. The summed E-state index contributed by atoms with van der Waals surface area (Å²) in [5.41, 5.74) is 2.54. The quantitative estimate of drug-likeness (QED) is 0.892. The van der Waals surface area contributed by atoms with E-state index in [0.717, 1.165) is 12.0 Å². The molecule has 0 saturated carbocycles. The summed E-state index contributed by atoms with van der Waals surface area (Å²) in [7, 11) is 0. The molecule has 0 fully saturated rings. The van der Waals surface area contributed by atoms with Crippen molar-refractivity contribution in [2.24, 2.45) is 0 Å². The molecule has 2 rings (SSSR count). The van der Waals surface area contributed by atoms with Crippen molar-refractivity contribution in [1.82, 2.24) is 0 Å². The molecule has 18 heavy (non-hydrogen) atoms. The maximum atomic E-state index is 12.9. The maximum Gasteiger partial charge on any atom is 0.336 e. The molecule has 0 radical (unpaired) electrons. The average Bonchev–Trinajstić information content (AvgIpc) is 2.39. The molecule has 92 valence electrons. The molecule has 3 heteroatoms. The molecule has 0 aliphatic carbocycles. The fraction of sp³-hybridized carbons (Fsp3) is 0.133. The van der Waals surface area contributed by atoms with Crippen LogP contribution in [0.15, 0.2) is 42.5 Å². The second kappa shape index (κ2) is 5.00. The first-order valence-corrected chi connectivity index (χ1v) is 5.74. The second-order valence-electron chi connectivity index (χ2n) is 4.05. The number of hydrogen-bond acceptors (Lipinski definition) is 1. The lowest BCUT2D eigenvalue weighted by Crippen LogP contribution is -2.01. The lowest BCUT2D eigenvalue weighted by Gasteiger charge is -2.08. The van der Waals surface area contributed by atoms with Crippen LogP contribution in [0.2, 0.25) is 0 Å². The van der Waals surface area contributed by atoms with Gasteiger partial charge >= 0.3 is 5.97 Å². The Morgan fingerprint density at radius 2 is 1.83 bits per heavy atom. The van der Waals surface area contributed by atoms with E-state index in [-0.39, 0.29) is 11.4 Å². The Morgan fingerprint density at radius 3 is 2.39 bits per heavy atom. The minimum Gasteiger partial charge on any atom is -0.478 e. The molecule has 0 aliphatic rings. The third-order valence-electron chi connectivity index (χ3n) is 2.88. The fourth-order valence-electron chi connectivity index (χ4n) is 1.87. The molecule has 0 aromatic heterocycles. The minimum atomic E-state index is -0.968. The summed E-state index contributed by atoms with van der Waals surface area (Å²) in [6, 6.07) is 11.2.